The molecule has 1 aliphatic rings. The van der Waals surface area contributed by atoms with E-state index in [4.69, 9.17) is 9.68 Å². The van der Waals surface area contributed by atoms with Gasteiger partial charge in [-0.15, -0.1) is 11.3 Å². The van der Waals surface area contributed by atoms with Crippen LogP contribution in [0.2, 0.25) is 0 Å². The molecule has 1 fully saturated rings. The van der Waals surface area contributed by atoms with E-state index in [2.05, 4.69) is 21.3 Å². The van der Waals surface area contributed by atoms with E-state index in [9.17, 15) is 4.79 Å². The summed E-state index contributed by atoms with van der Waals surface area (Å²) in [6.45, 7) is 3.54. The molecule has 3 heterocycles. The van der Waals surface area contributed by atoms with Gasteiger partial charge in [0, 0.05) is 5.92 Å². The quantitative estimate of drug-likeness (QED) is 0.741. The van der Waals surface area contributed by atoms with E-state index >= 15 is 0 Å². The molecule has 0 saturated carbocycles. The molecule has 2 aromatic heterocycles. The Bertz CT molecular complexity index is 962. The van der Waals surface area contributed by atoms with Gasteiger partial charge < -0.3 is 9.73 Å². The molecule has 1 saturated heterocycles. The third-order valence-corrected chi connectivity index (χ3v) is 5.97. The highest BCUT2D eigenvalue weighted by molar-refractivity contribution is 7.14. The van der Waals surface area contributed by atoms with Crippen LogP contribution in [0.5, 0.6) is 0 Å². The van der Waals surface area contributed by atoms with Crippen molar-refractivity contribution in [3.8, 4) is 6.07 Å². The average Bonchev–Trinajstić information content (AvgIpc) is 3.33. The Morgan fingerprint density at radius 2 is 2.15 bits per heavy atom. The molecule has 1 amide bonds. The third-order valence-electron chi connectivity index (χ3n) is 5.14. The van der Waals surface area contributed by atoms with E-state index in [0.717, 1.165) is 42.9 Å². The Morgan fingerprint density at radius 1 is 1.37 bits per heavy atom. The molecule has 7 heteroatoms. The molecule has 138 valence electrons. The fourth-order valence-corrected chi connectivity index (χ4v) is 4.22. The molecule has 1 atom stereocenters. The van der Waals surface area contributed by atoms with Gasteiger partial charge in [-0.25, -0.2) is 4.98 Å². The highest BCUT2D eigenvalue weighted by Crippen LogP contribution is 2.31. The lowest BCUT2D eigenvalue weighted by Crippen LogP contribution is -2.45. The SMILES string of the molecule is C[C@@H](C(=O)Nc1sccc1C#N)N1CCC(c2nc3ccccc3o2)CC1. The number of fused-ring (bicyclic) bond motifs is 1. The molecule has 0 spiro atoms. The molecular formula is C20H20N4O2S. The van der Waals surface area contributed by atoms with Gasteiger partial charge in [-0.2, -0.15) is 5.26 Å². The minimum atomic E-state index is -0.247. The molecular weight excluding hydrogens is 360 g/mol. The number of hydrogen-bond donors (Lipinski definition) is 1. The zero-order valence-electron chi connectivity index (χ0n) is 15.0. The molecule has 1 N–H and O–H groups in total. The van der Waals surface area contributed by atoms with Gasteiger partial charge in [0.05, 0.1) is 11.6 Å². The number of nitrogens with one attached hydrogen (secondary N) is 1. The smallest absolute Gasteiger partial charge is 0.242 e. The standard InChI is InChI=1S/C20H20N4O2S/c1-13(18(25)23-20-15(12-21)8-11-27-20)24-9-6-14(7-10-24)19-22-16-4-2-3-5-17(16)26-19/h2-5,8,11,13-14H,6-7,9-10H2,1H3,(H,23,25)/t13-/m0/s1. The number of carbonyl (C=O) groups is 1. The Morgan fingerprint density at radius 3 is 2.89 bits per heavy atom. The van der Waals surface area contributed by atoms with Gasteiger partial charge in [-0.3, -0.25) is 9.69 Å². The second-order valence-electron chi connectivity index (χ2n) is 6.77. The number of carbonyl (C=O) groups excluding carboxylic acids is 1. The highest BCUT2D eigenvalue weighted by Gasteiger charge is 2.29. The normalized spacial score (nSPS) is 16.9. The minimum absolute atomic E-state index is 0.0748. The van der Waals surface area contributed by atoms with Crippen molar-refractivity contribution in [2.45, 2.75) is 31.7 Å². The maximum atomic E-state index is 12.6. The van der Waals surface area contributed by atoms with Crippen molar-refractivity contribution in [1.82, 2.24) is 9.88 Å². The van der Waals surface area contributed by atoms with Gasteiger partial charge in [0.2, 0.25) is 5.91 Å². The molecule has 0 aliphatic carbocycles. The van der Waals surface area contributed by atoms with Crippen LogP contribution in [0.25, 0.3) is 11.1 Å². The number of piperidine rings is 1. The van der Waals surface area contributed by atoms with Crippen LogP contribution in [0.4, 0.5) is 5.00 Å². The van der Waals surface area contributed by atoms with Gasteiger partial charge in [0.15, 0.2) is 11.5 Å². The monoisotopic (exact) mass is 380 g/mol. The summed E-state index contributed by atoms with van der Waals surface area (Å²) in [4.78, 5) is 19.4. The van der Waals surface area contributed by atoms with Gasteiger partial charge in [0.25, 0.3) is 0 Å². The molecule has 6 nitrogen and oxygen atoms in total. The van der Waals surface area contributed by atoms with Crippen molar-refractivity contribution >= 4 is 33.3 Å². The maximum absolute atomic E-state index is 12.6. The van der Waals surface area contributed by atoms with Crippen molar-refractivity contribution in [2.75, 3.05) is 18.4 Å². The van der Waals surface area contributed by atoms with Crippen LogP contribution in [0.15, 0.2) is 40.1 Å². The summed E-state index contributed by atoms with van der Waals surface area (Å²) in [7, 11) is 0. The van der Waals surface area contributed by atoms with E-state index in [1.807, 2.05) is 36.6 Å². The molecule has 3 aromatic rings. The number of likely N-dealkylation sites (tertiary alicyclic amines) is 1. The number of amides is 1. The van der Waals surface area contributed by atoms with Gasteiger partial charge in [0.1, 0.15) is 16.6 Å². The molecule has 0 bridgehead atoms. The van der Waals surface area contributed by atoms with E-state index in [0.29, 0.717) is 10.6 Å². The first-order valence-corrected chi connectivity index (χ1v) is 9.91. The predicted molar refractivity (Wildman–Crippen MR) is 105 cm³/mol. The highest BCUT2D eigenvalue weighted by atomic mass is 32.1. The first-order chi connectivity index (χ1) is 13.2. The number of nitriles is 1. The van der Waals surface area contributed by atoms with Crippen molar-refractivity contribution in [3.05, 3.63) is 47.2 Å². The van der Waals surface area contributed by atoms with Crippen LogP contribution in [0.1, 0.15) is 37.1 Å². The lowest BCUT2D eigenvalue weighted by molar-refractivity contribution is -0.121. The van der Waals surface area contributed by atoms with Crippen LogP contribution in [-0.2, 0) is 4.79 Å². The van der Waals surface area contributed by atoms with Crippen LogP contribution in [0, 0.1) is 11.3 Å². The summed E-state index contributed by atoms with van der Waals surface area (Å²) in [6.07, 6.45) is 1.82. The second kappa shape index (κ2) is 7.51. The number of para-hydroxylation sites is 2. The molecule has 0 radical (unpaired) electrons. The van der Waals surface area contributed by atoms with Crippen LogP contribution >= 0.6 is 11.3 Å². The average molecular weight is 380 g/mol. The molecule has 27 heavy (non-hydrogen) atoms. The summed E-state index contributed by atoms with van der Waals surface area (Å²) in [5.41, 5.74) is 2.23. The van der Waals surface area contributed by atoms with Crippen molar-refractivity contribution in [3.63, 3.8) is 0 Å². The summed E-state index contributed by atoms with van der Waals surface area (Å²) in [5, 5.41) is 14.4. The molecule has 1 aliphatic heterocycles. The summed E-state index contributed by atoms with van der Waals surface area (Å²) in [6, 6.07) is 11.4. The first kappa shape index (κ1) is 17.7. The lowest BCUT2D eigenvalue weighted by atomic mass is 9.95. The van der Waals surface area contributed by atoms with Gasteiger partial charge in [-0.05, 0) is 56.4 Å². The number of benzene rings is 1. The molecule has 1 aromatic carbocycles. The number of rotatable bonds is 4. The van der Waals surface area contributed by atoms with Crippen molar-refractivity contribution < 1.29 is 9.21 Å². The lowest BCUT2D eigenvalue weighted by Gasteiger charge is -2.34. The Kier molecular flexibility index (Phi) is 4.92. The number of anilines is 1. The van der Waals surface area contributed by atoms with Crippen LogP contribution in [0.3, 0.4) is 0 Å². The number of oxazole rings is 1. The minimum Gasteiger partial charge on any atom is -0.440 e. The van der Waals surface area contributed by atoms with Crippen molar-refractivity contribution in [1.29, 1.82) is 5.26 Å². The second-order valence-corrected chi connectivity index (χ2v) is 7.69. The Balaban J connectivity index is 1.37. The number of thiophene rings is 1. The molecule has 4 rings (SSSR count). The van der Waals surface area contributed by atoms with Gasteiger partial charge >= 0.3 is 0 Å². The number of hydrogen-bond acceptors (Lipinski definition) is 6. The fraction of sp³-hybridized carbons (Fsp3) is 0.350. The summed E-state index contributed by atoms with van der Waals surface area (Å²) >= 11 is 1.37. The summed E-state index contributed by atoms with van der Waals surface area (Å²) < 4.78 is 5.91. The fourth-order valence-electron chi connectivity index (χ4n) is 3.47. The van der Waals surface area contributed by atoms with Crippen LogP contribution in [-0.4, -0.2) is 34.9 Å². The summed E-state index contributed by atoms with van der Waals surface area (Å²) in [5.74, 6) is 1.01. The number of aromatic nitrogens is 1. The topological polar surface area (TPSA) is 82.2 Å². The van der Waals surface area contributed by atoms with Crippen molar-refractivity contribution in [2.24, 2.45) is 0 Å². The number of nitrogens with zero attached hydrogens (tertiary/aromatic N) is 3. The first-order valence-electron chi connectivity index (χ1n) is 9.03. The van der Waals surface area contributed by atoms with Crippen LogP contribution < -0.4 is 5.32 Å². The Labute approximate surface area is 161 Å². The maximum Gasteiger partial charge on any atom is 0.242 e. The van der Waals surface area contributed by atoms with E-state index in [1.54, 1.807) is 6.07 Å². The van der Waals surface area contributed by atoms with E-state index in [1.165, 1.54) is 11.3 Å². The predicted octanol–water partition coefficient (Wildman–Crippen LogP) is 3.97. The van der Waals surface area contributed by atoms with E-state index in [-0.39, 0.29) is 17.9 Å². The van der Waals surface area contributed by atoms with E-state index < -0.39 is 0 Å². The Hall–Kier alpha value is -2.69. The zero-order chi connectivity index (χ0) is 18.8. The van der Waals surface area contributed by atoms with Gasteiger partial charge in [-0.1, -0.05) is 12.1 Å². The largest absolute Gasteiger partial charge is 0.440 e. The third kappa shape index (κ3) is 3.59. The zero-order valence-corrected chi connectivity index (χ0v) is 15.8. The molecule has 0 unspecified atom stereocenters.